The van der Waals surface area contributed by atoms with Crippen LogP contribution in [-0.4, -0.2) is 48.6 Å². The SMILES string of the molecule is CCCCOc1ccc(C(O)=C2C(=O)C(=O)N(CCOC)[C@@H]2c2ccc(Br)cc2)cc1C. The fraction of sp³-hybridized carbons (Fsp3) is 0.360. The number of unbranched alkanes of at least 4 members (excludes halogenated alkanes) is 1. The number of Topliss-reactive ketones (excluding diaryl/α,β-unsaturated/α-hetero) is 1. The van der Waals surface area contributed by atoms with Crippen LogP contribution in [0.25, 0.3) is 5.76 Å². The molecular weight excluding hydrogens is 474 g/mol. The molecule has 1 aliphatic rings. The van der Waals surface area contributed by atoms with Crippen molar-refractivity contribution in [2.75, 3.05) is 26.9 Å². The van der Waals surface area contributed by atoms with E-state index in [2.05, 4.69) is 22.9 Å². The zero-order valence-electron chi connectivity index (χ0n) is 18.6. The van der Waals surface area contributed by atoms with Gasteiger partial charge in [0, 0.05) is 23.7 Å². The van der Waals surface area contributed by atoms with E-state index in [0.29, 0.717) is 12.2 Å². The molecule has 1 heterocycles. The van der Waals surface area contributed by atoms with Crippen LogP contribution in [0.5, 0.6) is 5.75 Å². The fourth-order valence-corrected chi connectivity index (χ4v) is 4.00. The minimum Gasteiger partial charge on any atom is -0.507 e. The monoisotopic (exact) mass is 501 g/mol. The van der Waals surface area contributed by atoms with Gasteiger partial charge in [-0.1, -0.05) is 41.4 Å². The first kappa shape index (κ1) is 24.0. The third-order valence-corrected chi connectivity index (χ3v) is 5.99. The average molecular weight is 502 g/mol. The van der Waals surface area contributed by atoms with Gasteiger partial charge < -0.3 is 19.5 Å². The highest BCUT2D eigenvalue weighted by Crippen LogP contribution is 2.40. The van der Waals surface area contributed by atoms with Gasteiger partial charge in [0.2, 0.25) is 0 Å². The molecule has 7 heteroatoms. The molecule has 1 fully saturated rings. The predicted molar refractivity (Wildman–Crippen MR) is 127 cm³/mol. The van der Waals surface area contributed by atoms with Gasteiger partial charge in [0.05, 0.1) is 24.8 Å². The van der Waals surface area contributed by atoms with Crippen LogP contribution < -0.4 is 4.74 Å². The summed E-state index contributed by atoms with van der Waals surface area (Å²) in [6.07, 6.45) is 2.00. The Balaban J connectivity index is 2.04. The molecule has 2 aromatic carbocycles. The van der Waals surface area contributed by atoms with Crippen molar-refractivity contribution >= 4 is 33.4 Å². The van der Waals surface area contributed by atoms with Crippen LogP contribution in [0.1, 0.15) is 42.5 Å². The van der Waals surface area contributed by atoms with Crippen LogP contribution in [0.4, 0.5) is 0 Å². The maximum Gasteiger partial charge on any atom is 0.295 e. The standard InChI is InChI=1S/C25H28BrNO5/c1-4-5-13-32-20-11-8-18(15-16(20)2)23(28)21-22(17-6-9-19(26)10-7-17)27(12-14-31-3)25(30)24(21)29/h6-11,15,22,28H,4-5,12-14H2,1-3H3/t22-/m1/s1. The first-order valence-corrected chi connectivity index (χ1v) is 11.4. The summed E-state index contributed by atoms with van der Waals surface area (Å²) in [5.74, 6) is -0.806. The Morgan fingerprint density at radius 2 is 1.84 bits per heavy atom. The number of amides is 1. The van der Waals surface area contributed by atoms with E-state index in [9.17, 15) is 14.7 Å². The summed E-state index contributed by atoms with van der Waals surface area (Å²) in [5, 5.41) is 11.2. The van der Waals surface area contributed by atoms with E-state index in [1.54, 1.807) is 18.2 Å². The number of carbonyl (C=O) groups excluding carboxylic acids is 2. The van der Waals surface area contributed by atoms with Gasteiger partial charge in [-0.25, -0.2) is 0 Å². The molecule has 0 unspecified atom stereocenters. The maximum atomic E-state index is 13.0. The van der Waals surface area contributed by atoms with Crippen LogP contribution in [-0.2, 0) is 14.3 Å². The van der Waals surface area contributed by atoms with E-state index in [1.807, 2.05) is 31.2 Å². The molecule has 0 radical (unpaired) electrons. The molecule has 1 atom stereocenters. The van der Waals surface area contributed by atoms with Crippen molar-refractivity contribution in [1.29, 1.82) is 0 Å². The number of ether oxygens (including phenoxy) is 2. The summed E-state index contributed by atoms with van der Waals surface area (Å²) in [7, 11) is 1.54. The zero-order valence-corrected chi connectivity index (χ0v) is 20.1. The largest absolute Gasteiger partial charge is 0.507 e. The van der Waals surface area contributed by atoms with Crippen molar-refractivity contribution in [1.82, 2.24) is 4.90 Å². The van der Waals surface area contributed by atoms with Crippen molar-refractivity contribution in [3.63, 3.8) is 0 Å². The molecule has 0 saturated carbocycles. The van der Waals surface area contributed by atoms with Gasteiger partial charge in [-0.3, -0.25) is 9.59 Å². The van der Waals surface area contributed by atoms with Crippen molar-refractivity contribution in [2.45, 2.75) is 32.7 Å². The van der Waals surface area contributed by atoms with Gasteiger partial charge >= 0.3 is 0 Å². The highest BCUT2D eigenvalue weighted by molar-refractivity contribution is 9.10. The van der Waals surface area contributed by atoms with Crippen LogP contribution in [0.3, 0.4) is 0 Å². The first-order chi connectivity index (χ1) is 15.4. The highest BCUT2D eigenvalue weighted by Gasteiger charge is 2.45. The molecule has 1 aliphatic heterocycles. The third kappa shape index (κ3) is 5.05. The molecule has 1 saturated heterocycles. The van der Waals surface area contributed by atoms with E-state index < -0.39 is 17.7 Å². The minimum absolute atomic E-state index is 0.0764. The lowest BCUT2D eigenvalue weighted by Gasteiger charge is -2.25. The lowest BCUT2D eigenvalue weighted by Crippen LogP contribution is -2.32. The second-order valence-electron chi connectivity index (χ2n) is 7.72. The molecule has 3 rings (SSSR count). The average Bonchev–Trinajstić information content (AvgIpc) is 3.03. The molecule has 170 valence electrons. The highest BCUT2D eigenvalue weighted by atomic mass is 79.9. The summed E-state index contributed by atoms with van der Waals surface area (Å²) in [6, 6.07) is 11.9. The summed E-state index contributed by atoms with van der Waals surface area (Å²) < 4.78 is 11.8. The number of aryl methyl sites for hydroxylation is 1. The quantitative estimate of drug-likeness (QED) is 0.226. The number of methoxy groups -OCH3 is 1. The Morgan fingerprint density at radius 1 is 1.12 bits per heavy atom. The normalized spacial score (nSPS) is 17.8. The van der Waals surface area contributed by atoms with E-state index in [-0.39, 0.29) is 24.5 Å². The summed E-state index contributed by atoms with van der Waals surface area (Å²) in [4.78, 5) is 27.3. The van der Waals surface area contributed by atoms with E-state index in [1.165, 1.54) is 12.0 Å². The van der Waals surface area contributed by atoms with Crippen LogP contribution in [0.15, 0.2) is 52.5 Å². The van der Waals surface area contributed by atoms with Crippen LogP contribution in [0.2, 0.25) is 0 Å². The Hall–Kier alpha value is -2.64. The Labute approximate surface area is 197 Å². The van der Waals surface area contributed by atoms with Gasteiger partial charge in [0.1, 0.15) is 11.5 Å². The maximum absolute atomic E-state index is 13.0. The van der Waals surface area contributed by atoms with Gasteiger partial charge in [-0.15, -0.1) is 0 Å². The second kappa shape index (κ2) is 10.8. The zero-order chi connectivity index (χ0) is 23.3. The Kier molecular flexibility index (Phi) is 8.10. The van der Waals surface area contributed by atoms with E-state index in [4.69, 9.17) is 9.47 Å². The van der Waals surface area contributed by atoms with Gasteiger partial charge in [-0.05, 0) is 54.8 Å². The molecule has 0 aliphatic carbocycles. The number of aliphatic hydroxyl groups is 1. The van der Waals surface area contributed by atoms with E-state index >= 15 is 0 Å². The number of rotatable bonds is 9. The molecule has 1 N–H and O–H groups in total. The third-order valence-electron chi connectivity index (χ3n) is 5.47. The van der Waals surface area contributed by atoms with Crippen molar-refractivity contribution < 1.29 is 24.2 Å². The predicted octanol–water partition coefficient (Wildman–Crippen LogP) is 5.00. The van der Waals surface area contributed by atoms with Gasteiger partial charge in [0.25, 0.3) is 11.7 Å². The number of hydrogen-bond acceptors (Lipinski definition) is 5. The molecule has 0 spiro atoms. The molecule has 2 aromatic rings. The Morgan fingerprint density at radius 3 is 2.47 bits per heavy atom. The molecule has 32 heavy (non-hydrogen) atoms. The number of nitrogens with zero attached hydrogens (tertiary/aromatic N) is 1. The number of halogens is 1. The number of likely N-dealkylation sites (tertiary alicyclic amines) is 1. The van der Waals surface area contributed by atoms with Crippen LogP contribution in [0, 0.1) is 6.92 Å². The van der Waals surface area contributed by atoms with Crippen molar-refractivity contribution in [2.24, 2.45) is 0 Å². The van der Waals surface area contributed by atoms with Crippen molar-refractivity contribution in [3.8, 4) is 5.75 Å². The summed E-state index contributed by atoms with van der Waals surface area (Å²) in [6.45, 7) is 5.13. The molecule has 6 nitrogen and oxygen atoms in total. The lowest BCUT2D eigenvalue weighted by atomic mass is 9.95. The second-order valence-corrected chi connectivity index (χ2v) is 8.63. The number of hydrogen-bond donors (Lipinski definition) is 1. The summed E-state index contributed by atoms with van der Waals surface area (Å²) in [5.41, 5.74) is 2.13. The van der Waals surface area contributed by atoms with E-state index in [0.717, 1.165) is 34.2 Å². The molecular formula is C25H28BrNO5. The fourth-order valence-electron chi connectivity index (χ4n) is 3.73. The van der Waals surface area contributed by atoms with Gasteiger partial charge in [0.15, 0.2) is 0 Å². The molecule has 0 aromatic heterocycles. The number of carbonyl (C=O) groups is 2. The van der Waals surface area contributed by atoms with Gasteiger partial charge in [-0.2, -0.15) is 0 Å². The summed E-state index contributed by atoms with van der Waals surface area (Å²) >= 11 is 3.41. The van der Waals surface area contributed by atoms with Crippen LogP contribution >= 0.6 is 15.9 Å². The Bertz CT molecular complexity index is 1020. The molecule has 0 bridgehead atoms. The minimum atomic E-state index is -0.701. The molecule has 1 amide bonds. The number of ketones is 1. The number of aliphatic hydroxyl groups excluding tert-OH is 1. The number of benzene rings is 2. The smallest absolute Gasteiger partial charge is 0.295 e. The van der Waals surface area contributed by atoms with Crippen molar-refractivity contribution in [3.05, 3.63) is 69.2 Å². The lowest BCUT2D eigenvalue weighted by molar-refractivity contribution is -0.140. The first-order valence-electron chi connectivity index (χ1n) is 10.7. The topological polar surface area (TPSA) is 76.1 Å².